The highest BCUT2D eigenvalue weighted by molar-refractivity contribution is 9.10. The van der Waals surface area contributed by atoms with Crippen LogP contribution >= 0.6 is 47.8 Å². The number of hydrogen-bond donors (Lipinski definition) is 4. The van der Waals surface area contributed by atoms with Crippen molar-refractivity contribution in [2.45, 2.75) is 326 Å². The molecular weight excluding hydrogens is 2050 g/mol. The Balaban J connectivity index is 0.000000145. The maximum absolute atomic E-state index is 12.5. The van der Waals surface area contributed by atoms with Crippen LogP contribution in [-0.2, 0) is 45.8 Å². The molecule has 29 nitrogen and oxygen atoms in total. The molecule has 780 valence electrons. The quantitative estimate of drug-likeness (QED) is 0.0234. The summed E-state index contributed by atoms with van der Waals surface area (Å²) in [5.74, 6) is 3.54. The van der Waals surface area contributed by atoms with Crippen LogP contribution in [0.4, 0.5) is 0 Å². The van der Waals surface area contributed by atoms with Crippen molar-refractivity contribution in [3.8, 4) is 79.8 Å². The molecule has 3 aromatic heterocycles. The third kappa shape index (κ3) is 31.7. The third-order valence-electron chi connectivity index (χ3n) is 28.4. The van der Waals surface area contributed by atoms with Gasteiger partial charge in [0, 0.05) is 30.5 Å². The molecule has 3 saturated heterocycles. The van der Waals surface area contributed by atoms with E-state index in [0.717, 1.165) is 120 Å². The average Bonchev–Trinajstić information content (AvgIpc) is 1.58. The molecule has 20 rings (SSSR count). The number of carboxylic acids is 2. The summed E-state index contributed by atoms with van der Waals surface area (Å²) in [6.07, 6.45) is 31.3. The molecule has 9 aliphatic rings. The molecule has 11 aromatic rings. The maximum atomic E-state index is 12.5. The van der Waals surface area contributed by atoms with Crippen LogP contribution in [0, 0.1) is 0 Å². The van der Waals surface area contributed by atoms with Crippen LogP contribution in [0.1, 0.15) is 287 Å². The van der Waals surface area contributed by atoms with Crippen LogP contribution in [-0.4, -0.2) is 190 Å². The van der Waals surface area contributed by atoms with Gasteiger partial charge < -0.3 is 81.1 Å². The molecule has 8 aromatic carbocycles. The zero-order valence-electron chi connectivity index (χ0n) is 86.8. The lowest BCUT2D eigenvalue weighted by Gasteiger charge is -2.32. The number of methoxy groups -OCH3 is 2. The Morgan fingerprint density at radius 3 is 0.973 bits per heavy atom. The number of halogens is 3. The molecule has 3 aliphatic heterocycles. The number of aromatic hydroxyl groups is 1. The summed E-state index contributed by atoms with van der Waals surface area (Å²) < 4.78 is 86.7. The summed E-state index contributed by atoms with van der Waals surface area (Å²) in [6.45, 7) is 27.4. The Kier molecular flexibility index (Phi) is 40.5. The molecule has 6 aliphatic carbocycles. The van der Waals surface area contributed by atoms with Crippen LogP contribution in [0.2, 0.25) is 0 Å². The van der Waals surface area contributed by atoms with Gasteiger partial charge in [0.1, 0.15) is 63.1 Å². The van der Waals surface area contributed by atoms with Gasteiger partial charge in [0.2, 0.25) is 0 Å². The van der Waals surface area contributed by atoms with Crippen molar-refractivity contribution >= 4 is 92.3 Å². The number of aromatic nitrogens is 9. The summed E-state index contributed by atoms with van der Waals surface area (Å²) in [5, 5.41) is 53.5. The average molecular weight is 2190 g/mol. The summed E-state index contributed by atoms with van der Waals surface area (Å²) in [4.78, 5) is 36.1. The highest BCUT2D eigenvalue weighted by atomic mass is 79.9. The van der Waals surface area contributed by atoms with Crippen LogP contribution in [0.25, 0.3) is 33.8 Å². The first-order valence-electron chi connectivity index (χ1n) is 51.2. The van der Waals surface area contributed by atoms with Crippen molar-refractivity contribution in [1.82, 2.24) is 45.4 Å². The number of hydrogen-bond acceptors (Lipinski definition) is 24. The molecule has 6 saturated carbocycles. The number of aromatic carboxylic acids is 2. The number of carbonyl (C=O) groups excluding carboxylic acids is 1. The number of alkyl halides is 1. The smallest absolute Gasteiger partial charge is 0.494 e. The monoisotopic (exact) mass is 2190 g/mol. The molecule has 0 radical (unpaired) electrons. The van der Waals surface area contributed by atoms with Gasteiger partial charge in [0.15, 0.2) is 17.1 Å². The van der Waals surface area contributed by atoms with Crippen molar-refractivity contribution in [3.05, 3.63) is 231 Å². The first-order valence-corrected chi connectivity index (χ1v) is 53.7. The SMILES string of the molecule is BrC1CCCC1.Brc1ccc(OC2CCCC2)cc1.CC1(C)OB(B2OC(C)(C)C(C)(C)O2)OC1(C)C.CC1(C)OB(c2ccc(OC3CCCC3)cc2)OC1(C)C.CCOC(=O)c1nnn(Cc2ccc(OC)cc2)c1-c1ccc(OC2CCCC2)cc1.COc1ccc(Cn2nnc(C(=O)O)c2-c2ccc(OC3CCCC3)cc2)cc1.O=C(O)c1n[nH]nc1-c1ccc(OC2CCCC2)cc1.Oc1ccc(Br)cc1. The topological polar surface area (TPSA) is 344 Å². The van der Waals surface area contributed by atoms with Gasteiger partial charge in [-0.25, -0.2) is 23.7 Å². The second kappa shape index (κ2) is 52.5. The Labute approximate surface area is 885 Å². The van der Waals surface area contributed by atoms with E-state index in [-0.39, 0.29) is 70.5 Å². The minimum absolute atomic E-state index is 0.0667. The summed E-state index contributed by atoms with van der Waals surface area (Å²) >= 11 is 10.2. The number of carboxylic acid groups (broad SMARTS) is 2. The fourth-order valence-electron chi connectivity index (χ4n) is 17.9. The van der Waals surface area contributed by atoms with Crippen LogP contribution in [0.15, 0.2) is 203 Å². The van der Waals surface area contributed by atoms with Gasteiger partial charge in [-0.15, -0.1) is 15.3 Å². The number of phenolic OH excluding ortho intramolecular Hbond substituents is 1. The molecule has 0 bridgehead atoms. The number of aromatic amines is 1. The van der Waals surface area contributed by atoms with Gasteiger partial charge in [0.25, 0.3) is 0 Å². The van der Waals surface area contributed by atoms with Gasteiger partial charge in [-0.1, -0.05) is 107 Å². The Bertz CT molecular complexity index is 5790. The van der Waals surface area contributed by atoms with Gasteiger partial charge >= 0.3 is 39.0 Å². The second-order valence-electron chi connectivity index (χ2n) is 40.8. The van der Waals surface area contributed by atoms with E-state index in [1.807, 2.05) is 213 Å². The van der Waals surface area contributed by atoms with Crippen LogP contribution < -0.4 is 38.6 Å². The molecule has 6 heterocycles. The fraction of sp³-hybridized carbons (Fsp3) is 0.486. The molecule has 4 N–H and O–H groups in total. The molecule has 0 amide bonds. The Hall–Kier alpha value is -10.6. The summed E-state index contributed by atoms with van der Waals surface area (Å²) in [7, 11) is 2.00. The zero-order valence-corrected chi connectivity index (χ0v) is 91.5. The van der Waals surface area contributed by atoms with Crippen molar-refractivity contribution in [2.24, 2.45) is 0 Å². The standard InChI is InChI=1S/C24H27N3O4.C22H23N3O4.C17H25BO3.C14H15N3O3.C12H24B2O4.C11H13BrO.C6H5BrO.C5H9Br/c1-3-30-24(28)22-23(18-10-14-21(15-11-18)31-20-6-4-5-7-20)27(26-25-22)16-17-8-12-19(29-2)13-9-17;1-28-17-10-6-15(7-11-17)14-25-21(20(22(26)27)23-24-25)16-8-12-19(13-9-16)29-18-4-2-3-5-18;1-16(2)17(3,4)21-18(20-16)13-9-11-15(12-10-13)19-14-7-5-6-8-14;18-14(19)13-12(15-17-16-13)9-5-7-11(8-6-9)20-10-3-1-2-4-10;1-9(2)10(3,4)16-13(15-9)14-17-11(5,6)12(7,8)18-14;12-9-5-7-11(8-6-9)13-10-3-1-2-4-10;7-5-1-3-6(8)4-2-5;6-5-3-1-2-4-5/h8-15,20H,3-7,16H2,1-2H3;6-13,18H,2-5,14H2,1H3,(H,26,27);9-12,14H,5-8H2,1-4H3;5-8,10H,1-4H2,(H,18,19)(H,15,16,17);1-8H3;5-8,10H,1-4H2;1-4,8H;5H,1-4H2. The third-order valence-corrected chi connectivity index (χ3v) is 30.4. The van der Waals surface area contributed by atoms with E-state index < -0.39 is 31.9 Å². The minimum atomic E-state index is -1.10. The summed E-state index contributed by atoms with van der Waals surface area (Å²) in [6, 6.07) is 60.9. The van der Waals surface area contributed by atoms with E-state index in [4.69, 9.17) is 76.0 Å². The van der Waals surface area contributed by atoms with E-state index in [1.165, 1.54) is 116 Å². The molecular formula is C111H141B3Br3N9O20. The number of carbonyl (C=O) groups is 3. The van der Waals surface area contributed by atoms with E-state index in [2.05, 4.69) is 112 Å². The van der Waals surface area contributed by atoms with E-state index >= 15 is 0 Å². The van der Waals surface area contributed by atoms with Gasteiger partial charge in [-0.05, 0) is 406 Å². The highest BCUT2D eigenvalue weighted by Crippen LogP contribution is 2.45. The number of phenols is 1. The lowest BCUT2D eigenvalue weighted by atomic mass is 9.49. The minimum Gasteiger partial charge on any atom is -0.508 e. The lowest BCUT2D eigenvalue weighted by Crippen LogP contribution is -2.41. The molecule has 9 fully saturated rings. The largest absolute Gasteiger partial charge is 0.508 e. The highest BCUT2D eigenvalue weighted by Gasteiger charge is 2.64. The fourth-order valence-corrected chi connectivity index (χ4v) is 19.0. The molecule has 146 heavy (non-hydrogen) atoms. The van der Waals surface area contributed by atoms with Gasteiger partial charge in [-0.3, -0.25) is 0 Å². The van der Waals surface area contributed by atoms with Crippen molar-refractivity contribution in [3.63, 3.8) is 0 Å². The first kappa shape index (κ1) is 113. The van der Waals surface area contributed by atoms with Crippen molar-refractivity contribution in [2.75, 3.05) is 20.8 Å². The van der Waals surface area contributed by atoms with E-state index in [9.17, 15) is 19.5 Å². The molecule has 35 heteroatoms. The second-order valence-corrected chi connectivity index (χ2v) is 44.0. The van der Waals surface area contributed by atoms with Gasteiger partial charge in [-0.2, -0.15) is 10.3 Å². The Morgan fingerprint density at radius 1 is 0.377 bits per heavy atom. The van der Waals surface area contributed by atoms with E-state index in [1.54, 1.807) is 66.9 Å². The Morgan fingerprint density at radius 2 is 0.664 bits per heavy atom. The number of H-pyrrole nitrogens is 1. The predicted molar refractivity (Wildman–Crippen MR) is 577 cm³/mol. The number of benzene rings is 8. The molecule has 0 spiro atoms. The van der Waals surface area contributed by atoms with Crippen LogP contribution in [0.5, 0.6) is 46.0 Å². The molecule has 0 atom stereocenters. The number of rotatable bonds is 25. The number of nitrogens with zero attached hydrogens (tertiary/aromatic N) is 8. The van der Waals surface area contributed by atoms with Crippen LogP contribution in [0.3, 0.4) is 0 Å². The van der Waals surface area contributed by atoms with Crippen molar-refractivity contribution < 1.29 is 95.5 Å². The zero-order chi connectivity index (χ0) is 104. The van der Waals surface area contributed by atoms with E-state index in [0.29, 0.717) is 65.9 Å². The first-order chi connectivity index (χ1) is 69.8. The van der Waals surface area contributed by atoms with Crippen molar-refractivity contribution in [1.29, 1.82) is 0 Å². The molecule has 0 unspecified atom stereocenters. The predicted octanol–water partition coefficient (Wildman–Crippen LogP) is 24.8. The normalized spacial score (nSPS) is 18.4. The lowest BCUT2D eigenvalue weighted by molar-refractivity contribution is 0.00578. The maximum Gasteiger partial charge on any atom is 0.494 e. The summed E-state index contributed by atoms with van der Waals surface area (Å²) in [5.41, 5.74) is 4.78. The number of ether oxygens (including phenoxy) is 8. The number of esters is 1. The van der Waals surface area contributed by atoms with Gasteiger partial charge in [0.05, 0.1) is 98.0 Å². The number of nitrogens with one attached hydrogen (secondary N) is 1.